The van der Waals surface area contributed by atoms with Gasteiger partial charge in [-0.25, -0.2) is 15.0 Å². The highest BCUT2D eigenvalue weighted by Gasteiger charge is 2.31. The van der Waals surface area contributed by atoms with E-state index in [1.807, 2.05) is 0 Å². The number of halogens is 4. The molecule has 0 aliphatic carbocycles. The summed E-state index contributed by atoms with van der Waals surface area (Å²) in [5.74, 6) is 5.33. The summed E-state index contributed by atoms with van der Waals surface area (Å²) in [7, 11) is 0. The number of H-pyrrole nitrogens is 1. The number of carbonyl (C=O) groups is 1. The first-order chi connectivity index (χ1) is 17.2. The first kappa shape index (κ1) is 25.2. The largest absolute Gasteiger partial charge is 0.416 e. The number of aliphatic hydroxyl groups is 1. The van der Waals surface area contributed by atoms with Crippen molar-refractivity contribution in [2.45, 2.75) is 32.0 Å². The molecule has 0 fully saturated rings. The van der Waals surface area contributed by atoms with Crippen LogP contribution in [-0.2, 0) is 6.18 Å². The summed E-state index contributed by atoms with van der Waals surface area (Å²) in [4.78, 5) is 27.7. The predicted molar refractivity (Wildman–Crippen MR) is 123 cm³/mol. The fraction of sp³-hybridized carbons (Fsp3) is 0.261. The van der Waals surface area contributed by atoms with Crippen LogP contribution in [-0.4, -0.2) is 42.7 Å². The number of aromatic nitrogens is 5. The molecule has 0 aliphatic heterocycles. The molecule has 0 radical (unpaired) electrons. The molecule has 36 heavy (non-hydrogen) atoms. The Morgan fingerprint density at radius 3 is 2.86 bits per heavy atom. The lowest BCUT2D eigenvalue weighted by Crippen LogP contribution is -2.28. The van der Waals surface area contributed by atoms with Gasteiger partial charge in [0.2, 0.25) is 5.76 Å². The third kappa shape index (κ3) is 5.48. The van der Waals surface area contributed by atoms with E-state index >= 15 is 0 Å². The van der Waals surface area contributed by atoms with Gasteiger partial charge in [-0.05, 0) is 37.5 Å². The van der Waals surface area contributed by atoms with E-state index in [1.54, 1.807) is 6.92 Å². The van der Waals surface area contributed by atoms with E-state index in [1.165, 1.54) is 18.5 Å². The van der Waals surface area contributed by atoms with Gasteiger partial charge in [0.05, 0.1) is 22.6 Å². The zero-order valence-electron chi connectivity index (χ0n) is 18.6. The fourth-order valence-electron chi connectivity index (χ4n) is 3.18. The minimum atomic E-state index is -4.48. The van der Waals surface area contributed by atoms with Crippen LogP contribution in [0.1, 0.15) is 53.2 Å². The van der Waals surface area contributed by atoms with Gasteiger partial charge >= 0.3 is 6.18 Å². The minimum Gasteiger partial charge on any atom is -0.396 e. The normalized spacial score (nSPS) is 12.3. The van der Waals surface area contributed by atoms with Crippen LogP contribution >= 0.6 is 11.6 Å². The van der Waals surface area contributed by atoms with Gasteiger partial charge in [-0.2, -0.15) is 13.2 Å². The smallest absolute Gasteiger partial charge is 0.396 e. The van der Waals surface area contributed by atoms with Gasteiger partial charge in [0.1, 0.15) is 22.7 Å². The van der Waals surface area contributed by atoms with Crippen molar-refractivity contribution in [3.05, 3.63) is 58.3 Å². The summed E-state index contributed by atoms with van der Waals surface area (Å²) in [6, 6.07) is 4.03. The van der Waals surface area contributed by atoms with Gasteiger partial charge < -0.3 is 19.9 Å². The van der Waals surface area contributed by atoms with E-state index in [0.29, 0.717) is 24.1 Å². The highest BCUT2D eigenvalue weighted by atomic mass is 35.5. The number of rotatable bonds is 6. The zero-order valence-corrected chi connectivity index (χ0v) is 19.4. The molecule has 3 heterocycles. The Bertz CT molecular complexity index is 1470. The van der Waals surface area contributed by atoms with Crippen molar-refractivity contribution < 1.29 is 27.6 Å². The maximum absolute atomic E-state index is 13.0. The van der Waals surface area contributed by atoms with Crippen LogP contribution in [0.15, 0.2) is 35.1 Å². The number of amides is 1. The molecule has 3 aromatic heterocycles. The number of hydrogen-bond acceptors (Lipinski definition) is 7. The Balaban J connectivity index is 1.49. The van der Waals surface area contributed by atoms with E-state index in [2.05, 4.69) is 42.3 Å². The standard InChI is InChI=1S/C23H18ClF3N6O3/c1-12(30-22(35)20-19(24)15(28-11-29-20)5-3-2-4-8-34)16-10-18(36-33-16)21-31-14-7-6-13(23(25,26)27)9-17(14)32-21/h6-7,9-12,34H,2,4,8H2,1H3,(H,30,35)(H,31,32)/t12-/m1/s1. The van der Waals surface area contributed by atoms with Crippen molar-refractivity contribution in [2.75, 3.05) is 6.61 Å². The summed E-state index contributed by atoms with van der Waals surface area (Å²) in [5, 5.41) is 15.4. The van der Waals surface area contributed by atoms with Crippen LogP contribution in [0.5, 0.6) is 0 Å². The van der Waals surface area contributed by atoms with Crippen LogP contribution in [0.3, 0.4) is 0 Å². The number of hydrogen-bond donors (Lipinski definition) is 3. The summed E-state index contributed by atoms with van der Waals surface area (Å²) in [6.45, 7) is 1.66. The second kappa shape index (κ2) is 10.3. The van der Waals surface area contributed by atoms with Crippen molar-refractivity contribution in [2.24, 2.45) is 0 Å². The molecule has 13 heteroatoms. The molecule has 1 amide bonds. The number of unbranched alkanes of at least 4 members (excludes halogenated alkanes) is 1. The second-order valence-corrected chi connectivity index (χ2v) is 8.02. The van der Waals surface area contributed by atoms with Gasteiger partial charge in [0.25, 0.3) is 5.91 Å². The Kier molecular flexibility index (Phi) is 7.23. The number of imidazole rings is 1. The van der Waals surface area contributed by atoms with Crippen molar-refractivity contribution in [3.8, 4) is 23.4 Å². The lowest BCUT2D eigenvalue weighted by atomic mass is 10.2. The van der Waals surface area contributed by atoms with Gasteiger partial charge in [-0.1, -0.05) is 22.7 Å². The van der Waals surface area contributed by atoms with Crippen LogP contribution < -0.4 is 5.32 Å². The SMILES string of the molecule is C[C@@H](NC(=O)c1ncnc(C#CCCCO)c1Cl)c1cc(-c2nc3ccc(C(F)(F)F)cc3[nH]2)on1. The molecule has 3 N–H and O–H groups in total. The Morgan fingerprint density at radius 2 is 2.11 bits per heavy atom. The summed E-state index contributed by atoms with van der Waals surface area (Å²) in [6.07, 6.45) is -2.37. The maximum Gasteiger partial charge on any atom is 0.416 e. The number of aromatic amines is 1. The molecule has 0 bridgehead atoms. The number of fused-ring (bicyclic) bond motifs is 1. The van der Waals surface area contributed by atoms with Gasteiger partial charge in [-0.3, -0.25) is 4.79 Å². The molecule has 0 saturated heterocycles. The molecule has 0 saturated carbocycles. The first-order valence-electron chi connectivity index (χ1n) is 10.6. The molecule has 0 aliphatic rings. The predicted octanol–water partition coefficient (Wildman–Crippen LogP) is 4.30. The number of alkyl halides is 3. The highest BCUT2D eigenvalue weighted by molar-refractivity contribution is 6.34. The quantitative estimate of drug-likeness (QED) is 0.256. The molecule has 1 atom stereocenters. The number of carbonyl (C=O) groups excluding carboxylic acids is 1. The van der Waals surface area contributed by atoms with Crippen molar-refractivity contribution in [3.63, 3.8) is 0 Å². The Hall–Kier alpha value is -3.95. The molecule has 4 rings (SSSR count). The summed E-state index contributed by atoms with van der Waals surface area (Å²) < 4.78 is 44.2. The lowest BCUT2D eigenvalue weighted by molar-refractivity contribution is -0.137. The number of nitrogens with zero attached hydrogens (tertiary/aromatic N) is 4. The van der Waals surface area contributed by atoms with E-state index in [9.17, 15) is 18.0 Å². The van der Waals surface area contributed by atoms with Gasteiger partial charge in [0.15, 0.2) is 11.5 Å². The van der Waals surface area contributed by atoms with E-state index in [4.69, 9.17) is 21.2 Å². The molecule has 0 unspecified atom stereocenters. The van der Waals surface area contributed by atoms with E-state index in [-0.39, 0.29) is 40.1 Å². The van der Waals surface area contributed by atoms with Crippen LogP contribution in [0.25, 0.3) is 22.6 Å². The zero-order chi connectivity index (χ0) is 25.9. The first-order valence-corrected chi connectivity index (χ1v) is 11.0. The molecule has 1 aromatic carbocycles. The van der Waals surface area contributed by atoms with Crippen LogP contribution in [0, 0.1) is 11.8 Å². The fourth-order valence-corrected chi connectivity index (χ4v) is 3.41. The molecule has 0 spiro atoms. The maximum atomic E-state index is 13.0. The Labute approximate surface area is 207 Å². The van der Waals surface area contributed by atoms with E-state index in [0.717, 1.165) is 12.1 Å². The molecular formula is C23H18ClF3N6O3. The number of nitrogens with one attached hydrogen (secondary N) is 2. The number of benzene rings is 1. The second-order valence-electron chi connectivity index (χ2n) is 7.64. The Morgan fingerprint density at radius 1 is 1.31 bits per heavy atom. The van der Waals surface area contributed by atoms with Gasteiger partial charge in [-0.15, -0.1) is 0 Å². The van der Waals surface area contributed by atoms with Crippen LogP contribution in [0.4, 0.5) is 13.2 Å². The van der Waals surface area contributed by atoms with Crippen molar-refractivity contribution in [1.82, 2.24) is 30.4 Å². The van der Waals surface area contributed by atoms with Crippen molar-refractivity contribution in [1.29, 1.82) is 0 Å². The summed E-state index contributed by atoms with van der Waals surface area (Å²) >= 11 is 6.25. The average molecular weight is 519 g/mol. The molecule has 9 nitrogen and oxygen atoms in total. The average Bonchev–Trinajstić information content (AvgIpc) is 3.49. The third-order valence-electron chi connectivity index (χ3n) is 5.03. The van der Waals surface area contributed by atoms with E-state index < -0.39 is 23.7 Å². The van der Waals surface area contributed by atoms with Crippen molar-refractivity contribution >= 4 is 28.5 Å². The molecular weight excluding hydrogens is 501 g/mol. The third-order valence-corrected chi connectivity index (χ3v) is 5.39. The number of aliphatic hydroxyl groups excluding tert-OH is 1. The van der Waals surface area contributed by atoms with Gasteiger partial charge in [0, 0.05) is 19.1 Å². The minimum absolute atomic E-state index is 0.0107. The topological polar surface area (TPSA) is 130 Å². The lowest BCUT2D eigenvalue weighted by Gasteiger charge is -2.11. The van der Waals surface area contributed by atoms with Crippen LogP contribution in [0.2, 0.25) is 5.02 Å². The molecule has 4 aromatic rings. The summed E-state index contributed by atoms with van der Waals surface area (Å²) in [5.41, 5.74) is 0.154. The monoisotopic (exact) mass is 518 g/mol. The highest BCUT2D eigenvalue weighted by Crippen LogP contribution is 2.32. The molecule has 186 valence electrons.